The highest BCUT2D eigenvalue weighted by Crippen LogP contribution is 2.36. The van der Waals surface area contributed by atoms with E-state index in [1.807, 2.05) is 23.6 Å². The van der Waals surface area contributed by atoms with E-state index in [0.717, 1.165) is 23.7 Å². The summed E-state index contributed by atoms with van der Waals surface area (Å²) in [6.07, 6.45) is 1.82. The molecule has 76 valence electrons. The SMILES string of the molecule is c1ccc(C2CNc3cscc3O2)nc1. The third-order valence-corrected chi connectivity index (χ3v) is 3.11. The van der Waals surface area contributed by atoms with E-state index in [-0.39, 0.29) is 6.10 Å². The van der Waals surface area contributed by atoms with Crippen molar-refractivity contribution in [3.63, 3.8) is 0 Å². The van der Waals surface area contributed by atoms with Gasteiger partial charge >= 0.3 is 0 Å². The molecule has 3 heterocycles. The minimum Gasteiger partial charge on any atom is -0.479 e. The van der Waals surface area contributed by atoms with Crippen LogP contribution < -0.4 is 10.1 Å². The first kappa shape index (κ1) is 8.73. The Balaban J connectivity index is 1.88. The number of aromatic nitrogens is 1. The van der Waals surface area contributed by atoms with E-state index < -0.39 is 0 Å². The molecule has 0 saturated carbocycles. The van der Waals surface area contributed by atoms with Gasteiger partial charge in [0.15, 0.2) is 11.9 Å². The lowest BCUT2D eigenvalue weighted by Crippen LogP contribution is -2.23. The highest BCUT2D eigenvalue weighted by atomic mass is 32.1. The zero-order valence-electron chi connectivity index (χ0n) is 8.01. The summed E-state index contributed by atoms with van der Waals surface area (Å²) in [7, 11) is 0. The van der Waals surface area contributed by atoms with Crippen molar-refractivity contribution in [2.75, 3.05) is 11.9 Å². The lowest BCUT2D eigenvalue weighted by atomic mass is 10.2. The maximum atomic E-state index is 5.84. The van der Waals surface area contributed by atoms with Crippen molar-refractivity contribution in [3.05, 3.63) is 40.8 Å². The molecule has 2 aromatic heterocycles. The molecular weight excluding hydrogens is 208 g/mol. The standard InChI is InChI=1S/C11H10N2OS/c1-2-4-12-8(3-1)10-5-13-9-6-15-7-11(9)14-10/h1-4,6-7,10,13H,5H2. The highest BCUT2D eigenvalue weighted by Gasteiger charge is 2.21. The molecule has 0 aliphatic carbocycles. The van der Waals surface area contributed by atoms with Gasteiger partial charge in [-0.05, 0) is 12.1 Å². The van der Waals surface area contributed by atoms with Gasteiger partial charge in [-0.2, -0.15) is 0 Å². The Kier molecular flexibility index (Phi) is 2.07. The van der Waals surface area contributed by atoms with E-state index in [2.05, 4.69) is 15.7 Å². The molecule has 3 rings (SSSR count). The molecule has 1 aliphatic rings. The largest absolute Gasteiger partial charge is 0.479 e. The average molecular weight is 218 g/mol. The fourth-order valence-electron chi connectivity index (χ4n) is 1.63. The molecular formula is C11H10N2OS. The average Bonchev–Trinajstić information content (AvgIpc) is 2.77. The van der Waals surface area contributed by atoms with E-state index in [4.69, 9.17) is 4.74 Å². The Morgan fingerprint density at radius 3 is 3.27 bits per heavy atom. The number of nitrogens with one attached hydrogen (secondary N) is 1. The van der Waals surface area contributed by atoms with Crippen LogP contribution in [0.4, 0.5) is 5.69 Å². The molecule has 0 amide bonds. The summed E-state index contributed by atoms with van der Waals surface area (Å²) >= 11 is 1.64. The molecule has 0 spiro atoms. The van der Waals surface area contributed by atoms with Crippen molar-refractivity contribution in [2.24, 2.45) is 0 Å². The highest BCUT2D eigenvalue weighted by molar-refractivity contribution is 7.08. The Morgan fingerprint density at radius 1 is 1.40 bits per heavy atom. The fraction of sp³-hybridized carbons (Fsp3) is 0.182. The molecule has 1 aliphatic heterocycles. The molecule has 3 nitrogen and oxygen atoms in total. The minimum atomic E-state index is 0.0216. The van der Waals surface area contributed by atoms with Crippen LogP contribution in [0.2, 0.25) is 0 Å². The predicted molar refractivity (Wildman–Crippen MR) is 60.4 cm³/mol. The summed E-state index contributed by atoms with van der Waals surface area (Å²) in [5.41, 5.74) is 2.06. The van der Waals surface area contributed by atoms with Crippen molar-refractivity contribution in [1.29, 1.82) is 0 Å². The van der Waals surface area contributed by atoms with Crippen LogP contribution >= 0.6 is 11.3 Å². The molecule has 0 saturated heterocycles. The first-order chi connectivity index (χ1) is 7.43. The quantitative estimate of drug-likeness (QED) is 0.799. The number of hydrogen-bond acceptors (Lipinski definition) is 4. The second kappa shape index (κ2) is 3.55. The summed E-state index contributed by atoms with van der Waals surface area (Å²) in [5, 5.41) is 7.41. The van der Waals surface area contributed by atoms with E-state index in [1.165, 1.54) is 0 Å². The van der Waals surface area contributed by atoms with Gasteiger partial charge in [0, 0.05) is 17.0 Å². The molecule has 1 unspecified atom stereocenters. The number of anilines is 1. The van der Waals surface area contributed by atoms with Crippen molar-refractivity contribution in [2.45, 2.75) is 6.10 Å². The molecule has 0 aromatic carbocycles. The van der Waals surface area contributed by atoms with Gasteiger partial charge in [0.2, 0.25) is 0 Å². The van der Waals surface area contributed by atoms with Gasteiger partial charge in [0.25, 0.3) is 0 Å². The molecule has 1 N–H and O–H groups in total. The van der Waals surface area contributed by atoms with Crippen LogP contribution in [0, 0.1) is 0 Å². The zero-order chi connectivity index (χ0) is 10.1. The number of pyridine rings is 1. The second-order valence-corrected chi connectivity index (χ2v) is 4.14. The van der Waals surface area contributed by atoms with E-state index in [1.54, 1.807) is 17.5 Å². The van der Waals surface area contributed by atoms with Crippen LogP contribution in [-0.4, -0.2) is 11.5 Å². The van der Waals surface area contributed by atoms with Gasteiger partial charge in [-0.25, -0.2) is 0 Å². The summed E-state index contributed by atoms with van der Waals surface area (Å²) in [5.74, 6) is 0.932. The minimum absolute atomic E-state index is 0.0216. The summed E-state index contributed by atoms with van der Waals surface area (Å²) in [4.78, 5) is 4.30. The molecule has 0 radical (unpaired) electrons. The van der Waals surface area contributed by atoms with Crippen LogP contribution in [0.1, 0.15) is 11.8 Å². The van der Waals surface area contributed by atoms with Crippen LogP contribution in [0.25, 0.3) is 0 Å². The second-order valence-electron chi connectivity index (χ2n) is 3.39. The topological polar surface area (TPSA) is 34.1 Å². The van der Waals surface area contributed by atoms with Gasteiger partial charge in [-0.3, -0.25) is 4.98 Å². The third kappa shape index (κ3) is 1.57. The number of fused-ring (bicyclic) bond motifs is 1. The maximum Gasteiger partial charge on any atom is 0.158 e. The molecule has 1 atom stereocenters. The van der Waals surface area contributed by atoms with Crippen molar-refractivity contribution < 1.29 is 4.74 Å². The van der Waals surface area contributed by atoms with Gasteiger partial charge < -0.3 is 10.1 Å². The first-order valence-electron chi connectivity index (χ1n) is 4.81. The van der Waals surface area contributed by atoms with E-state index in [9.17, 15) is 0 Å². The summed E-state index contributed by atoms with van der Waals surface area (Å²) < 4.78 is 5.84. The van der Waals surface area contributed by atoms with Crippen LogP contribution in [-0.2, 0) is 0 Å². The molecule has 0 bridgehead atoms. The maximum absolute atomic E-state index is 5.84. The van der Waals surface area contributed by atoms with Crippen LogP contribution in [0.3, 0.4) is 0 Å². The summed E-state index contributed by atoms with van der Waals surface area (Å²) in [6, 6.07) is 5.88. The Morgan fingerprint density at radius 2 is 2.40 bits per heavy atom. The number of rotatable bonds is 1. The van der Waals surface area contributed by atoms with Gasteiger partial charge in [-0.15, -0.1) is 11.3 Å². The number of nitrogens with zero attached hydrogens (tertiary/aromatic N) is 1. The molecule has 15 heavy (non-hydrogen) atoms. The number of hydrogen-bond donors (Lipinski definition) is 1. The van der Waals surface area contributed by atoms with Gasteiger partial charge in [-0.1, -0.05) is 6.07 Å². The predicted octanol–water partition coefficient (Wildman–Crippen LogP) is 2.69. The Bertz CT molecular complexity index is 455. The third-order valence-electron chi connectivity index (χ3n) is 2.39. The number of ether oxygens (including phenoxy) is 1. The smallest absolute Gasteiger partial charge is 0.158 e. The van der Waals surface area contributed by atoms with Gasteiger partial charge in [0.1, 0.15) is 0 Å². The van der Waals surface area contributed by atoms with E-state index >= 15 is 0 Å². The fourth-order valence-corrected chi connectivity index (χ4v) is 2.34. The monoisotopic (exact) mass is 218 g/mol. The first-order valence-corrected chi connectivity index (χ1v) is 5.75. The number of thiophene rings is 1. The lowest BCUT2D eigenvalue weighted by Gasteiger charge is -2.24. The van der Waals surface area contributed by atoms with Crippen LogP contribution in [0.5, 0.6) is 5.75 Å². The summed E-state index contributed by atoms with van der Waals surface area (Å²) in [6.45, 7) is 0.779. The Hall–Kier alpha value is -1.55. The van der Waals surface area contributed by atoms with Crippen LogP contribution in [0.15, 0.2) is 35.2 Å². The zero-order valence-corrected chi connectivity index (χ0v) is 8.83. The lowest BCUT2D eigenvalue weighted by molar-refractivity contribution is 0.207. The molecule has 0 fully saturated rings. The van der Waals surface area contributed by atoms with Gasteiger partial charge in [0.05, 0.1) is 17.9 Å². The van der Waals surface area contributed by atoms with Crippen molar-refractivity contribution in [1.82, 2.24) is 4.98 Å². The normalized spacial score (nSPS) is 18.8. The molecule has 2 aromatic rings. The molecule has 4 heteroatoms. The van der Waals surface area contributed by atoms with E-state index in [0.29, 0.717) is 0 Å². The van der Waals surface area contributed by atoms with Crippen molar-refractivity contribution in [3.8, 4) is 5.75 Å². The Labute approximate surface area is 91.7 Å². The van der Waals surface area contributed by atoms with Crippen molar-refractivity contribution >= 4 is 17.0 Å².